The van der Waals surface area contributed by atoms with Crippen LogP contribution in [0.2, 0.25) is 0 Å². The fourth-order valence-electron chi connectivity index (χ4n) is 2.18. The molecule has 2 aliphatic heterocycles. The first-order valence-electron chi connectivity index (χ1n) is 5.67. The van der Waals surface area contributed by atoms with Gasteiger partial charge in [0.25, 0.3) is 5.91 Å². The average Bonchev–Trinajstić information content (AvgIpc) is 2.71. The van der Waals surface area contributed by atoms with Crippen molar-refractivity contribution in [2.24, 2.45) is 5.92 Å². The van der Waals surface area contributed by atoms with Gasteiger partial charge in [-0.25, -0.2) is 4.98 Å². The maximum absolute atomic E-state index is 12.2. The van der Waals surface area contributed by atoms with E-state index >= 15 is 0 Å². The van der Waals surface area contributed by atoms with Crippen LogP contribution < -0.4 is 0 Å². The number of ether oxygens (including phenoxy) is 1. The number of likely N-dealkylation sites (tertiary alicyclic amines) is 1. The molecule has 17 heavy (non-hydrogen) atoms. The van der Waals surface area contributed by atoms with Gasteiger partial charge in [0, 0.05) is 19.6 Å². The molecule has 0 spiro atoms. The lowest BCUT2D eigenvalue weighted by Gasteiger charge is -2.36. The van der Waals surface area contributed by atoms with Crippen molar-refractivity contribution < 1.29 is 9.53 Å². The molecule has 1 fully saturated rings. The molecule has 0 N–H and O–H groups in total. The summed E-state index contributed by atoms with van der Waals surface area (Å²) in [6.45, 7) is 3.14. The molecule has 5 heteroatoms. The third-order valence-electron chi connectivity index (χ3n) is 3.25. The lowest BCUT2D eigenvalue weighted by molar-refractivity contribution is 0.0542. The number of rotatable bonds is 1. The molecule has 0 bridgehead atoms. The van der Waals surface area contributed by atoms with Crippen LogP contribution in [0.25, 0.3) is 0 Å². The second-order valence-corrected chi connectivity index (χ2v) is 4.34. The van der Waals surface area contributed by atoms with Gasteiger partial charge in [-0.15, -0.1) is 6.42 Å². The number of carbonyl (C=O) groups excluding carboxylic acids is 1. The Balaban J connectivity index is 1.79. The Morgan fingerprint density at radius 1 is 1.59 bits per heavy atom. The molecule has 3 heterocycles. The van der Waals surface area contributed by atoms with Gasteiger partial charge in [0.15, 0.2) is 0 Å². The summed E-state index contributed by atoms with van der Waals surface area (Å²) >= 11 is 0. The molecule has 1 amide bonds. The standard InChI is InChI=1S/C12H13N3O2/c1-2-9-6-14(7-9)12(16)10-5-13-11-8-17-4-3-15(10)11/h1,5,9H,3-4,6-8H2. The van der Waals surface area contributed by atoms with Crippen molar-refractivity contribution in [2.75, 3.05) is 19.7 Å². The van der Waals surface area contributed by atoms with Gasteiger partial charge in [0.2, 0.25) is 0 Å². The minimum Gasteiger partial charge on any atom is -0.372 e. The zero-order valence-electron chi connectivity index (χ0n) is 9.43. The van der Waals surface area contributed by atoms with Gasteiger partial charge in [-0.1, -0.05) is 5.92 Å². The highest BCUT2D eigenvalue weighted by Gasteiger charge is 2.32. The highest BCUT2D eigenvalue weighted by molar-refractivity contribution is 5.93. The van der Waals surface area contributed by atoms with Crippen molar-refractivity contribution >= 4 is 5.91 Å². The summed E-state index contributed by atoms with van der Waals surface area (Å²) in [5, 5.41) is 0. The van der Waals surface area contributed by atoms with E-state index in [2.05, 4.69) is 10.9 Å². The van der Waals surface area contributed by atoms with Gasteiger partial charge in [0.1, 0.15) is 18.1 Å². The van der Waals surface area contributed by atoms with Gasteiger partial charge >= 0.3 is 0 Å². The van der Waals surface area contributed by atoms with Crippen molar-refractivity contribution in [1.82, 2.24) is 14.5 Å². The van der Waals surface area contributed by atoms with Crippen LogP contribution in [-0.4, -0.2) is 40.1 Å². The molecule has 0 atom stereocenters. The number of hydrogen-bond acceptors (Lipinski definition) is 3. The lowest BCUT2D eigenvalue weighted by atomic mass is 10.0. The molecule has 0 aliphatic carbocycles. The van der Waals surface area contributed by atoms with E-state index in [4.69, 9.17) is 11.2 Å². The smallest absolute Gasteiger partial charge is 0.272 e. The van der Waals surface area contributed by atoms with Gasteiger partial charge < -0.3 is 14.2 Å². The van der Waals surface area contributed by atoms with E-state index in [1.165, 1.54) is 0 Å². The van der Waals surface area contributed by atoms with Crippen LogP contribution in [0, 0.1) is 18.3 Å². The number of hydrogen-bond donors (Lipinski definition) is 0. The van der Waals surface area contributed by atoms with Gasteiger partial charge in [-0.3, -0.25) is 4.79 Å². The molecular weight excluding hydrogens is 218 g/mol. The zero-order chi connectivity index (χ0) is 11.8. The summed E-state index contributed by atoms with van der Waals surface area (Å²) in [7, 11) is 0. The Hall–Kier alpha value is -1.80. The van der Waals surface area contributed by atoms with E-state index in [9.17, 15) is 4.79 Å². The Morgan fingerprint density at radius 2 is 2.41 bits per heavy atom. The zero-order valence-corrected chi connectivity index (χ0v) is 9.43. The maximum Gasteiger partial charge on any atom is 0.272 e. The van der Waals surface area contributed by atoms with E-state index in [0.29, 0.717) is 38.5 Å². The normalized spacial score (nSPS) is 19.4. The Labute approximate surface area is 99.4 Å². The second kappa shape index (κ2) is 3.90. The molecule has 1 saturated heterocycles. The summed E-state index contributed by atoms with van der Waals surface area (Å²) in [6, 6.07) is 0. The van der Waals surface area contributed by atoms with Crippen LogP contribution in [-0.2, 0) is 17.9 Å². The molecule has 0 radical (unpaired) electrons. The predicted octanol–water partition coefficient (Wildman–Crippen LogP) is 0.119. The van der Waals surface area contributed by atoms with E-state index in [-0.39, 0.29) is 11.8 Å². The van der Waals surface area contributed by atoms with Gasteiger partial charge in [-0.05, 0) is 0 Å². The number of carbonyl (C=O) groups is 1. The van der Waals surface area contributed by atoms with Crippen LogP contribution in [0.15, 0.2) is 6.20 Å². The number of imidazole rings is 1. The Bertz CT molecular complexity index is 494. The summed E-state index contributed by atoms with van der Waals surface area (Å²) < 4.78 is 7.23. The molecule has 0 saturated carbocycles. The first-order chi connectivity index (χ1) is 8.29. The fraction of sp³-hybridized carbons (Fsp3) is 0.500. The van der Waals surface area contributed by atoms with Crippen LogP contribution in [0.3, 0.4) is 0 Å². The number of nitrogens with zero attached hydrogens (tertiary/aromatic N) is 3. The van der Waals surface area contributed by atoms with Gasteiger partial charge in [-0.2, -0.15) is 0 Å². The highest BCUT2D eigenvalue weighted by Crippen LogP contribution is 2.19. The van der Waals surface area contributed by atoms with Crippen molar-refractivity contribution in [3.05, 3.63) is 17.7 Å². The third kappa shape index (κ3) is 1.61. The molecule has 2 aliphatic rings. The van der Waals surface area contributed by atoms with Crippen molar-refractivity contribution in [2.45, 2.75) is 13.2 Å². The summed E-state index contributed by atoms with van der Waals surface area (Å²) in [5.41, 5.74) is 0.652. The third-order valence-corrected chi connectivity index (χ3v) is 3.25. The monoisotopic (exact) mass is 231 g/mol. The molecule has 0 aromatic carbocycles. The van der Waals surface area contributed by atoms with E-state index in [1.54, 1.807) is 11.1 Å². The van der Waals surface area contributed by atoms with Crippen LogP contribution in [0.5, 0.6) is 0 Å². The average molecular weight is 231 g/mol. The van der Waals surface area contributed by atoms with Crippen molar-refractivity contribution in [3.8, 4) is 12.3 Å². The molecule has 0 unspecified atom stereocenters. The quantitative estimate of drug-likeness (QED) is 0.645. The SMILES string of the molecule is C#CC1CN(C(=O)c2cnc3n2CCOC3)C1. The first kappa shape index (κ1) is 10.4. The first-order valence-corrected chi connectivity index (χ1v) is 5.67. The van der Waals surface area contributed by atoms with Crippen molar-refractivity contribution in [3.63, 3.8) is 0 Å². The molecule has 1 aromatic rings. The molecular formula is C12H13N3O2. The number of aromatic nitrogens is 2. The summed E-state index contributed by atoms with van der Waals surface area (Å²) in [6.07, 6.45) is 6.94. The topological polar surface area (TPSA) is 47.4 Å². The largest absolute Gasteiger partial charge is 0.372 e. The Morgan fingerprint density at radius 3 is 3.18 bits per heavy atom. The molecule has 5 nitrogen and oxygen atoms in total. The summed E-state index contributed by atoms with van der Waals surface area (Å²) in [5.74, 6) is 3.72. The fourth-order valence-corrected chi connectivity index (χ4v) is 2.18. The second-order valence-electron chi connectivity index (χ2n) is 4.34. The highest BCUT2D eigenvalue weighted by atomic mass is 16.5. The summed E-state index contributed by atoms with van der Waals surface area (Å²) in [4.78, 5) is 18.2. The van der Waals surface area contributed by atoms with E-state index in [1.807, 2.05) is 4.57 Å². The van der Waals surface area contributed by atoms with Crippen molar-refractivity contribution in [1.29, 1.82) is 0 Å². The number of fused-ring (bicyclic) bond motifs is 1. The van der Waals surface area contributed by atoms with Gasteiger partial charge in [0.05, 0.1) is 18.7 Å². The predicted molar refractivity (Wildman–Crippen MR) is 60.1 cm³/mol. The minimum atomic E-state index is 0.0251. The van der Waals surface area contributed by atoms with Crippen LogP contribution >= 0.6 is 0 Å². The van der Waals surface area contributed by atoms with Crippen LogP contribution in [0.4, 0.5) is 0 Å². The lowest BCUT2D eigenvalue weighted by Crippen LogP contribution is -2.49. The molecule has 1 aromatic heterocycles. The van der Waals surface area contributed by atoms with E-state index < -0.39 is 0 Å². The maximum atomic E-state index is 12.2. The number of terminal acetylenes is 1. The molecule has 88 valence electrons. The molecule has 3 rings (SSSR count). The van der Waals surface area contributed by atoms with E-state index in [0.717, 1.165) is 5.82 Å². The Kier molecular flexibility index (Phi) is 2.37. The minimum absolute atomic E-state index is 0.0251. The number of amides is 1. The van der Waals surface area contributed by atoms with Crippen LogP contribution in [0.1, 0.15) is 16.3 Å².